The molecule has 2 heterocycles. The maximum Gasteiger partial charge on any atom is 0.386 e. The lowest BCUT2D eigenvalue weighted by atomic mass is 10.5. The molecule has 1 saturated heterocycles. The molecule has 0 radical (unpaired) electrons. The van der Waals surface area contributed by atoms with Gasteiger partial charge in [-0.25, -0.2) is 14.5 Å². The molecule has 0 saturated carbocycles. The highest BCUT2D eigenvalue weighted by atomic mass is 32.1. The highest BCUT2D eigenvalue weighted by Crippen LogP contribution is 2.27. The lowest BCUT2D eigenvalue weighted by Crippen LogP contribution is -2.37. The Morgan fingerprint density at radius 2 is 2.26 bits per heavy atom. The largest absolute Gasteiger partial charge is 0.429 e. The standard InChI is InChI=1S/C11H12N4O3S/c1-4-5-9(16)18-8-6-14(3)11(17)15(8)10-13-12-7(2)19-10/h8H,6H2,1-3H3. The lowest BCUT2D eigenvalue weighted by Gasteiger charge is -2.18. The van der Waals surface area contributed by atoms with E-state index >= 15 is 0 Å². The van der Waals surface area contributed by atoms with Crippen molar-refractivity contribution in [1.82, 2.24) is 15.1 Å². The summed E-state index contributed by atoms with van der Waals surface area (Å²) < 4.78 is 5.16. The second-order valence-electron chi connectivity index (χ2n) is 3.87. The van der Waals surface area contributed by atoms with Crippen LogP contribution in [0.4, 0.5) is 9.93 Å². The van der Waals surface area contributed by atoms with Gasteiger partial charge in [-0.1, -0.05) is 17.3 Å². The van der Waals surface area contributed by atoms with Crippen molar-refractivity contribution in [2.45, 2.75) is 20.1 Å². The fourth-order valence-electron chi connectivity index (χ4n) is 1.63. The van der Waals surface area contributed by atoms with Crippen LogP contribution in [0.15, 0.2) is 0 Å². The summed E-state index contributed by atoms with van der Waals surface area (Å²) in [6, 6.07) is -0.279. The predicted octanol–water partition coefficient (Wildman–Crippen LogP) is 0.611. The van der Waals surface area contributed by atoms with Crippen LogP contribution >= 0.6 is 11.3 Å². The zero-order valence-electron chi connectivity index (χ0n) is 10.7. The molecule has 1 aromatic rings. The molecule has 0 spiro atoms. The summed E-state index contributed by atoms with van der Waals surface area (Å²) in [4.78, 5) is 26.2. The third kappa shape index (κ3) is 2.66. The third-order valence-corrected chi connectivity index (χ3v) is 3.28. The van der Waals surface area contributed by atoms with Crippen LogP contribution in [-0.2, 0) is 9.53 Å². The monoisotopic (exact) mass is 280 g/mol. The van der Waals surface area contributed by atoms with Crippen LogP contribution in [0.25, 0.3) is 0 Å². The number of aryl methyl sites for hydroxylation is 1. The van der Waals surface area contributed by atoms with Crippen LogP contribution in [0.5, 0.6) is 0 Å². The lowest BCUT2D eigenvalue weighted by molar-refractivity contribution is -0.141. The van der Waals surface area contributed by atoms with E-state index < -0.39 is 12.2 Å². The molecule has 2 amide bonds. The molecule has 19 heavy (non-hydrogen) atoms. The maximum atomic E-state index is 12.0. The Bertz CT molecular complexity index is 574. The van der Waals surface area contributed by atoms with E-state index in [2.05, 4.69) is 22.0 Å². The molecule has 1 fully saturated rings. The van der Waals surface area contributed by atoms with Crippen molar-refractivity contribution < 1.29 is 14.3 Å². The van der Waals surface area contributed by atoms with Crippen LogP contribution in [0, 0.1) is 18.8 Å². The number of likely N-dealkylation sites (N-methyl/N-ethyl adjacent to an activating group) is 1. The SMILES string of the molecule is CC#CC(=O)OC1CN(C)C(=O)N1c1nnc(C)s1. The molecule has 0 bridgehead atoms. The zero-order chi connectivity index (χ0) is 14.0. The average molecular weight is 280 g/mol. The molecule has 7 nitrogen and oxygen atoms in total. The molecule has 1 aromatic heterocycles. The topological polar surface area (TPSA) is 75.6 Å². The summed E-state index contributed by atoms with van der Waals surface area (Å²) in [5.74, 6) is 4.07. The number of carbonyl (C=O) groups is 2. The molecule has 1 unspecified atom stereocenters. The molecule has 100 valence electrons. The van der Waals surface area contributed by atoms with Crippen molar-refractivity contribution in [2.24, 2.45) is 0 Å². The third-order valence-electron chi connectivity index (χ3n) is 2.44. The van der Waals surface area contributed by atoms with E-state index in [1.165, 1.54) is 21.1 Å². The molecule has 1 atom stereocenters. The van der Waals surface area contributed by atoms with E-state index in [1.807, 2.05) is 0 Å². The first-order valence-electron chi connectivity index (χ1n) is 5.50. The average Bonchev–Trinajstić information content (AvgIpc) is 2.85. The highest BCUT2D eigenvalue weighted by molar-refractivity contribution is 7.15. The molecule has 1 aliphatic rings. The van der Waals surface area contributed by atoms with Gasteiger partial charge in [0.2, 0.25) is 11.4 Å². The minimum Gasteiger partial charge on any atom is -0.429 e. The van der Waals surface area contributed by atoms with E-state index in [0.717, 1.165) is 5.01 Å². The van der Waals surface area contributed by atoms with Gasteiger partial charge in [-0.15, -0.1) is 10.2 Å². The van der Waals surface area contributed by atoms with Gasteiger partial charge in [-0.2, -0.15) is 0 Å². The first kappa shape index (κ1) is 13.3. The number of hydrogen-bond acceptors (Lipinski definition) is 6. The zero-order valence-corrected chi connectivity index (χ0v) is 11.5. The van der Waals surface area contributed by atoms with Gasteiger partial charge in [0.25, 0.3) is 0 Å². The molecule has 2 rings (SSSR count). The number of esters is 1. The van der Waals surface area contributed by atoms with Gasteiger partial charge < -0.3 is 9.64 Å². The van der Waals surface area contributed by atoms with E-state index in [-0.39, 0.29) is 12.6 Å². The van der Waals surface area contributed by atoms with Gasteiger partial charge >= 0.3 is 12.0 Å². The van der Waals surface area contributed by atoms with Crippen molar-refractivity contribution in [3.05, 3.63) is 5.01 Å². The summed E-state index contributed by atoms with van der Waals surface area (Å²) >= 11 is 1.26. The Labute approximate surface area is 114 Å². The Balaban J connectivity index is 2.23. The summed E-state index contributed by atoms with van der Waals surface area (Å²) in [6.07, 6.45) is -0.724. The van der Waals surface area contributed by atoms with E-state index in [9.17, 15) is 9.59 Å². The smallest absolute Gasteiger partial charge is 0.386 e. The predicted molar refractivity (Wildman–Crippen MR) is 68.5 cm³/mol. The van der Waals surface area contributed by atoms with Gasteiger partial charge in [0.15, 0.2) is 0 Å². The molecular weight excluding hydrogens is 268 g/mol. The fourth-order valence-corrected chi connectivity index (χ4v) is 2.36. The van der Waals surface area contributed by atoms with Crippen LogP contribution in [0.3, 0.4) is 0 Å². The fraction of sp³-hybridized carbons (Fsp3) is 0.455. The number of carbonyl (C=O) groups excluding carboxylic acids is 2. The summed E-state index contributed by atoms with van der Waals surface area (Å²) in [6.45, 7) is 3.60. The van der Waals surface area contributed by atoms with E-state index in [1.54, 1.807) is 20.9 Å². The summed E-state index contributed by atoms with van der Waals surface area (Å²) in [5, 5.41) is 8.91. The van der Waals surface area contributed by atoms with Crippen LogP contribution in [-0.4, -0.2) is 46.9 Å². The molecular formula is C11H12N4O3S. The van der Waals surface area contributed by atoms with E-state index in [4.69, 9.17) is 4.74 Å². The number of nitrogens with zero attached hydrogens (tertiary/aromatic N) is 4. The quantitative estimate of drug-likeness (QED) is 0.451. The summed E-state index contributed by atoms with van der Waals surface area (Å²) in [7, 11) is 1.63. The van der Waals surface area contributed by atoms with Gasteiger partial charge in [0.1, 0.15) is 5.01 Å². The molecule has 8 heteroatoms. The Morgan fingerprint density at radius 3 is 2.84 bits per heavy atom. The van der Waals surface area contributed by atoms with Gasteiger partial charge in [0, 0.05) is 13.0 Å². The van der Waals surface area contributed by atoms with Gasteiger partial charge in [-0.05, 0) is 13.8 Å². The molecule has 0 aromatic carbocycles. The number of hydrogen-bond donors (Lipinski definition) is 0. The van der Waals surface area contributed by atoms with Crippen molar-refractivity contribution in [3.8, 4) is 11.8 Å². The number of anilines is 1. The van der Waals surface area contributed by atoms with Gasteiger partial charge in [-0.3, -0.25) is 0 Å². The first-order valence-corrected chi connectivity index (χ1v) is 6.32. The highest BCUT2D eigenvalue weighted by Gasteiger charge is 2.40. The first-order chi connectivity index (χ1) is 9.02. The van der Waals surface area contributed by atoms with Crippen LogP contribution in [0.2, 0.25) is 0 Å². The van der Waals surface area contributed by atoms with E-state index in [0.29, 0.717) is 5.13 Å². The number of ether oxygens (including phenoxy) is 1. The Hall–Kier alpha value is -2.14. The normalized spacial score (nSPS) is 18.3. The molecule has 0 N–H and O–H groups in total. The second-order valence-corrected chi connectivity index (χ2v) is 5.03. The Morgan fingerprint density at radius 1 is 1.53 bits per heavy atom. The maximum absolute atomic E-state index is 12.0. The van der Waals surface area contributed by atoms with Crippen molar-refractivity contribution in [2.75, 3.05) is 18.5 Å². The Kier molecular flexibility index (Phi) is 3.66. The van der Waals surface area contributed by atoms with Crippen molar-refractivity contribution in [1.29, 1.82) is 0 Å². The van der Waals surface area contributed by atoms with Crippen molar-refractivity contribution >= 4 is 28.5 Å². The minimum absolute atomic E-state index is 0.272. The van der Waals surface area contributed by atoms with Crippen LogP contribution in [0.1, 0.15) is 11.9 Å². The number of urea groups is 1. The second kappa shape index (κ2) is 5.24. The number of rotatable bonds is 2. The number of amides is 2. The number of aromatic nitrogens is 2. The minimum atomic E-state index is -0.724. The van der Waals surface area contributed by atoms with Crippen LogP contribution < -0.4 is 4.90 Å². The molecule has 0 aliphatic carbocycles. The van der Waals surface area contributed by atoms with Crippen molar-refractivity contribution in [3.63, 3.8) is 0 Å². The van der Waals surface area contributed by atoms with Gasteiger partial charge in [0.05, 0.1) is 6.54 Å². The molecule has 1 aliphatic heterocycles. The summed E-state index contributed by atoms with van der Waals surface area (Å²) in [5.41, 5.74) is 0.